The first-order valence-corrected chi connectivity index (χ1v) is 14.5. The molecule has 0 spiro atoms. The molecule has 0 aliphatic carbocycles. The fraction of sp³-hybridized carbons (Fsp3) is 0.344. The van der Waals surface area contributed by atoms with Gasteiger partial charge in [0, 0.05) is 48.2 Å². The summed E-state index contributed by atoms with van der Waals surface area (Å²) < 4.78 is 30.4. The molecule has 13 heteroatoms. The summed E-state index contributed by atoms with van der Waals surface area (Å²) in [6, 6.07) is 14.2. The summed E-state index contributed by atoms with van der Waals surface area (Å²) in [6.45, 7) is 4.03. The van der Waals surface area contributed by atoms with Gasteiger partial charge in [-0.05, 0) is 61.5 Å². The van der Waals surface area contributed by atoms with E-state index in [1.807, 2.05) is 6.92 Å². The third-order valence-electron chi connectivity index (χ3n) is 7.70. The van der Waals surface area contributed by atoms with E-state index < -0.39 is 30.0 Å². The number of halogens is 1. The van der Waals surface area contributed by atoms with Crippen molar-refractivity contribution in [2.45, 2.75) is 32.4 Å². The van der Waals surface area contributed by atoms with Crippen LogP contribution in [0.2, 0.25) is 0 Å². The van der Waals surface area contributed by atoms with Crippen molar-refractivity contribution in [3.63, 3.8) is 0 Å². The summed E-state index contributed by atoms with van der Waals surface area (Å²) in [5.74, 6) is 0.712. The summed E-state index contributed by atoms with van der Waals surface area (Å²) in [7, 11) is 1.62. The molecule has 2 aliphatic heterocycles. The lowest BCUT2D eigenvalue weighted by Crippen LogP contribution is -2.48. The Hall–Kier alpha value is -5.04. The van der Waals surface area contributed by atoms with Crippen LogP contribution in [0.1, 0.15) is 19.4 Å². The van der Waals surface area contributed by atoms with Gasteiger partial charge in [-0.2, -0.15) is 0 Å². The van der Waals surface area contributed by atoms with Gasteiger partial charge in [-0.3, -0.25) is 4.79 Å². The van der Waals surface area contributed by atoms with E-state index in [0.29, 0.717) is 39.9 Å². The summed E-state index contributed by atoms with van der Waals surface area (Å²) in [6.07, 6.45) is -0.570. The quantitative estimate of drug-likeness (QED) is 0.304. The third kappa shape index (κ3) is 7.73. The molecule has 3 aromatic rings. The normalized spacial score (nSPS) is 18.0. The van der Waals surface area contributed by atoms with Gasteiger partial charge in [0.05, 0.1) is 25.6 Å². The Morgan fingerprint density at radius 2 is 1.62 bits per heavy atom. The highest BCUT2D eigenvalue weighted by Gasteiger charge is 2.32. The molecule has 0 saturated heterocycles. The minimum atomic E-state index is -0.542. The number of hydrogen-bond donors (Lipinski definition) is 4. The molecule has 4 N–H and O–H groups in total. The number of amides is 5. The maximum absolute atomic E-state index is 13.5. The molecule has 3 atom stereocenters. The van der Waals surface area contributed by atoms with Crippen LogP contribution in [0.4, 0.5) is 31.0 Å². The van der Waals surface area contributed by atoms with Crippen molar-refractivity contribution >= 4 is 35.0 Å². The van der Waals surface area contributed by atoms with Gasteiger partial charge in [-0.15, -0.1) is 0 Å². The van der Waals surface area contributed by atoms with Gasteiger partial charge in [0.15, 0.2) is 11.5 Å². The fourth-order valence-electron chi connectivity index (χ4n) is 5.10. The SMILES string of the molecule is C[C@H]1CN([C@@H](C)CO)C(=O)Cc2cc(NC(=O)Nc3ccc4c(c3)OCO4)ccc2O[C@H]1CN(C)C(=O)Nc1ccc(F)cc1. The predicted molar refractivity (Wildman–Crippen MR) is 165 cm³/mol. The summed E-state index contributed by atoms with van der Waals surface area (Å²) in [5.41, 5.74) is 1.92. The van der Waals surface area contributed by atoms with E-state index in [2.05, 4.69) is 16.0 Å². The van der Waals surface area contributed by atoms with Crippen molar-refractivity contribution in [3.05, 3.63) is 72.0 Å². The molecule has 5 rings (SSSR count). The zero-order valence-electron chi connectivity index (χ0n) is 25.2. The molecule has 0 aromatic heterocycles. The zero-order valence-corrected chi connectivity index (χ0v) is 25.2. The van der Waals surface area contributed by atoms with Crippen molar-refractivity contribution in [1.29, 1.82) is 0 Å². The first-order chi connectivity index (χ1) is 21.6. The molecule has 2 heterocycles. The largest absolute Gasteiger partial charge is 0.488 e. The Labute approximate surface area is 260 Å². The van der Waals surface area contributed by atoms with E-state index in [4.69, 9.17) is 14.2 Å². The van der Waals surface area contributed by atoms with Gasteiger partial charge in [0.2, 0.25) is 12.7 Å². The van der Waals surface area contributed by atoms with Crippen LogP contribution < -0.4 is 30.2 Å². The number of rotatable bonds is 7. The monoisotopic (exact) mass is 621 g/mol. The molecular formula is C32H36FN5O7. The number of nitrogens with one attached hydrogen (secondary N) is 3. The van der Waals surface area contributed by atoms with E-state index in [1.165, 1.54) is 29.2 Å². The van der Waals surface area contributed by atoms with Crippen LogP contribution in [0.5, 0.6) is 17.2 Å². The summed E-state index contributed by atoms with van der Waals surface area (Å²) in [5, 5.41) is 18.2. The second kappa shape index (κ2) is 13.7. The Bertz CT molecular complexity index is 1550. The summed E-state index contributed by atoms with van der Waals surface area (Å²) >= 11 is 0. The van der Waals surface area contributed by atoms with E-state index in [0.717, 1.165) is 0 Å². The predicted octanol–water partition coefficient (Wildman–Crippen LogP) is 4.51. The molecule has 0 fully saturated rings. The number of aliphatic hydroxyl groups excluding tert-OH is 1. The van der Waals surface area contributed by atoms with E-state index in [-0.39, 0.29) is 44.7 Å². The van der Waals surface area contributed by atoms with E-state index in [1.54, 1.807) is 55.3 Å². The Balaban J connectivity index is 1.33. The number of urea groups is 2. The van der Waals surface area contributed by atoms with Crippen molar-refractivity contribution in [1.82, 2.24) is 9.80 Å². The second-order valence-electron chi connectivity index (χ2n) is 11.2. The maximum atomic E-state index is 13.5. The topological polar surface area (TPSA) is 142 Å². The van der Waals surface area contributed by atoms with Gasteiger partial charge in [-0.25, -0.2) is 14.0 Å². The standard InChI is InChI=1S/C32H36FN5O7/c1-19-15-38(20(2)17-39)30(40)13-21-12-24(34-31(41)35-25-9-11-27-28(14-25)44-18-43-27)8-10-26(21)45-29(19)16-37(3)32(42)36-23-6-4-22(33)5-7-23/h4-12,14,19-20,29,39H,13,15-18H2,1-3H3,(H,36,42)(H2,34,35,41)/t19-,20-,29-/m0/s1. The number of hydrogen-bond acceptors (Lipinski definition) is 7. The van der Waals surface area contributed by atoms with Gasteiger partial charge >= 0.3 is 12.1 Å². The number of ether oxygens (including phenoxy) is 3. The molecule has 5 amide bonds. The summed E-state index contributed by atoms with van der Waals surface area (Å²) in [4.78, 5) is 42.3. The highest BCUT2D eigenvalue weighted by molar-refractivity contribution is 6.00. The van der Waals surface area contributed by atoms with Gasteiger partial charge < -0.3 is 45.1 Å². The number of nitrogens with zero attached hydrogens (tertiary/aromatic N) is 2. The van der Waals surface area contributed by atoms with Gasteiger partial charge in [-0.1, -0.05) is 6.92 Å². The lowest BCUT2D eigenvalue weighted by molar-refractivity contribution is -0.134. The number of carbonyl (C=O) groups excluding carboxylic acids is 3. The molecular weight excluding hydrogens is 585 g/mol. The maximum Gasteiger partial charge on any atom is 0.323 e. The van der Waals surface area contributed by atoms with E-state index >= 15 is 0 Å². The smallest absolute Gasteiger partial charge is 0.323 e. The van der Waals surface area contributed by atoms with Crippen LogP contribution >= 0.6 is 0 Å². The van der Waals surface area contributed by atoms with Gasteiger partial charge in [0.25, 0.3) is 0 Å². The molecule has 0 saturated carbocycles. The molecule has 0 unspecified atom stereocenters. The highest BCUT2D eigenvalue weighted by Crippen LogP contribution is 2.34. The minimum Gasteiger partial charge on any atom is -0.488 e. The van der Waals surface area contributed by atoms with Crippen molar-refractivity contribution in [2.24, 2.45) is 5.92 Å². The van der Waals surface area contributed by atoms with Crippen LogP contribution in [-0.4, -0.2) is 78.6 Å². The Morgan fingerprint density at radius 3 is 2.33 bits per heavy atom. The molecule has 12 nitrogen and oxygen atoms in total. The molecule has 2 aliphatic rings. The third-order valence-corrected chi connectivity index (χ3v) is 7.70. The van der Waals surface area contributed by atoms with Crippen LogP contribution in [0.3, 0.4) is 0 Å². The first-order valence-electron chi connectivity index (χ1n) is 14.5. The zero-order chi connectivity index (χ0) is 32.1. The fourth-order valence-corrected chi connectivity index (χ4v) is 5.10. The number of anilines is 3. The Kier molecular flexibility index (Phi) is 9.57. The average molecular weight is 622 g/mol. The van der Waals surface area contributed by atoms with Crippen molar-refractivity contribution in [2.75, 3.05) is 49.5 Å². The van der Waals surface area contributed by atoms with Crippen LogP contribution in [-0.2, 0) is 11.2 Å². The first kappa shape index (κ1) is 31.4. The number of likely N-dealkylation sites (N-methyl/N-ethyl adjacent to an activating group) is 1. The van der Waals surface area contributed by atoms with Gasteiger partial charge in [0.1, 0.15) is 17.7 Å². The molecule has 238 valence electrons. The Morgan fingerprint density at radius 1 is 0.978 bits per heavy atom. The number of fused-ring (bicyclic) bond motifs is 2. The van der Waals surface area contributed by atoms with Crippen molar-refractivity contribution < 1.29 is 38.1 Å². The number of carbonyl (C=O) groups is 3. The second-order valence-corrected chi connectivity index (χ2v) is 11.2. The van der Waals surface area contributed by atoms with Crippen LogP contribution in [0.25, 0.3) is 0 Å². The molecule has 0 bridgehead atoms. The number of aliphatic hydroxyl groups is 1. The van der Waals surface area contributed by atoms with Crippen LogP contribution in [0.15, 0.2) is 60.7 Å². The van der Waals surface area contributed by atoms with Crippen molar-refractivity contribution in [3.8, 4) is 17.2 Å². The average Bonchev–Trinajstić information content (AvgIpc) is 3.49. The molecule has 0 radical (unpaired) electrons. The highest BCUT2D eigenvalue weighted by atomic mass is 19.1. The van der Waals surface area contributed by atoms with Crippen LogP contribution in [0, 0.1) is 11.7 Å². The molecule has 3 aromatic carbocycles. The lowest BCUT2D eigenvalue weighted by atomic mass is 10.0. The minimum absolute atomic E-state index is 0.0285. The lowest BCUT2D eigenvalue weighted by Gasteiger charge is -2.34. The van der Waals surface area contributed by atoms with E-state index in [9.17, 15) is 23.9 Å². The number of benzene rings is 3. The molecule has 45 heavy (non-hydrogen) atoms.